The van der Waals surface area contributed by atoms with Gasteiger partial charge in [-0.1, -0.05) is 24.2 Å². The van der Waals surface area contributed by atoms with Crippen LogP contribution in [0.15, 0.2) is 55.3 Å². The average Bonchev–Trinajstić information content (AvgIpc) is 2.80. The van der Waals surface area contributed by atoms with E-state index < -0.39 is 0 Å². The van der Waals surface area contributed by atoms with Gasteiger partial charge in [0.2, 0.25) is 23.5 Å². The minimum absolute atomic E-state index is 0.121. The highest BCUT2D eigenvalue weighted by atomic mass is 35.5. The Morgan fingerprint density at radius 1 is 1.09 bits per heavy atom. The molecule has 0 aliphatic rings. The first kappa shape index (κ1) is 22.7. The minimum Gasteiger partial charge on any atom is -0.493 e. The summed E-state index contributed by atoms with van der Waals surface area (Å²) in [5.74, 6) is 1.77. The van der Waals surface area contributed by atoms with E-state index in [1.54, 1.807) is 36.4 Å². The maximum absolute atomic E-state index is 11.5. The maximum atomic E-state index is 11.5. The lowest BCUT2D eigenvalue weighted by atomic mass is 10.2. The zero-order valence-electron chi connectivity index (χ0n) is 17.6. The number of aromatic nitrogens is 2. The molecule has 1 amide bonds. The maximum Gasteiger partial charge on any atom is 0.247 e. The van der Waals surface area contributed by atoms with Crippen molar-refractivity contribution in [2.75, 3.05) is 32.0 Å². The fraction of sp³-hybridized carbons (Fsp3) is 0.136. The van der Waals surface area contributed by atoms with E-state index in [4.69, 9.17) is 30.5 Å². The van der Waals surface area contributed by atoms with Crippen LogP contribution in [0.2, 0.25) is 5.02 Å². The summed E-state index contributed by atoms with van der Waals surface area (Å²) < 4.78 is 22.0. The molecule has 0 aliphatic heterocycles. The second-order valence-electron chi connectivity index (χ2n) is 6.18. The number of hydrogen-bond acceptors (Lipinski definition) is 8. The largest absolute Gasteiger partial charge is 0.493 e. The molecule has 0 aliphatic carbocycles. The summed E-state index contributed by atoms with van der Waals surface area (Å²) >= 11 is 6.22. The number of anilines is 3. The van der Waals surface area contributed by atoms with Crippen LogP contribution in [0, 0.1) is 0 Å². The van der Waals surface area contributed by atoms with Gasteiger partial charge < -0.3 is 29.6 Å². The fourth-order valence-corrected chi connectivity index (χ4v) is 2.88. The van der Waals surface area contributed by atoms with Gasteiger partial charge in [0.1, 0.15) is 10.8 Å². The monoisotopic (exact) mass is 456 g/mol. The third kappa shape index (κ3) is 5.19. The molecule has 0 bridgehead atoms. The van der Waals surface area contributed by atoms with Crippen molar-refractivity contribution in [3.63, 3.8) is 0 Å². The SMILES string of the molecule is C=CC(=O)Nc1cccc(Oc2nc(Nc3ccc(OC)c(OC)c3OC)ncc2Cl)c1. The van der Waals surface area contributed by atoms with Gasteiger partial charge in [-0.3, -0.25) is 4.79 Å². The van der Waals surface area contributed by atoms with Gasteiger partial charge in [0.05, 0.1) is 33.2 Å². The average molecular weight is 457 g/mol. The number of hydrogen-bond donors (Lipinski definition) is 2. The van der Waals surface area contributed by atoms with Crippen LogP contribution in [0.3, 0.4) is 0 Å². The van der Waals surface area contributed by atoms with Crippen molar-refractivity contribution in [3.8, 4) is 28.9 Å². The summed E-state index contributed by atoms with van der Waals surface area (Å²) in [5, 5.41) is 5.92. The lowest BCUT2D eigenvalue weighted by Gasteiger charge is -2.16. The number of methoxy groups -OCH3 is 3. The molecule has 1 heterocycles. The van der Waals surface area contributed by atoms with E-state index >= 15 is 0 Å². The summed E-state index contributed by atoms with van der Waals surface area (Å²) in [6, 6.07) is 10.2. The van der Waals surface area contributed by atoms with Gasteiger partial charge in [0.15, 0.2) is 11.5 Å². The predicted molar refractivity (Wildman–Crippen MR) is 122 cm³/mol. The van der Waals surface area contributed by atoms with Crippen molar-refractivity contribution in [2.45, 2.75) is 0 Å². The summed E-state index contributed by atoms with van der Waals surface area (Å²) in [6.07, 6.45) is 2.58. The number of nitrogens with zero attached hydrogens (tertiary/aromatic N) is 2. The number of rotatable bonds is 9. The quantitative estimate of drug-likeness (QED) is 0.442. The number of carbonyl (C=O) groups excluding carboxylic acids is 1. The van der Waals surface area contributed by atoms with Crippen molar-refractivity contribution >= 4 is 34.8 Å². The number of carbonyl (C=O) groups is 1. The molecule has 0 radical (unpaired) electrons. The van der Waals surface area contributed by atoms with Crippen LogP contribution in [0.1, 0.15) is 0 Å². The zero-order valence-corrected chi connectivity index (χ0v) is 18.4. The molecule has 0 fully saturated rings. The molecule has 0 saturated heterocycles. The number of amides is 1. The van der Waals surface area contributed by atoms with Crippen molar-refractivity contribution in [3.05, 3.63) is 60.3 Å². The van der Waals surface area contributed by atoms with Crippen LogP contribution < -0.4 is 29.6 Å². The molecule has 0 spiro atoms. The summed E-state index contributed by atoms with van der Waals surface area (Å²) in [5.41, 5.74) is 1.08. The summed E-state index contributed by atoms with van der Waals surface area (Å²) in [6.45, 7) is 3.43. The van der Waals surface area contributed by atoms with E-state index in [-0.39, 0.29) is 22.8 Å². The van der Waals surface area contributed by atoms with Crippen LogP contribution in [-0.4, -0.2) is 37.2 Å². The lowest BCUT2D eigenvalue weighted by molar-refractivity contribution is -0.111. The molecule has 3 aromatic rings. The Bertz CT molecular complexity index is 1140. The first-order chi connectivity index (χ1) is 15.5. The van der Waals surface area contributed by atoms with Crippen LogP contribution in [-0.2, 0) is 4.79 Å². The Balaban J connectivity index is 1.87. The third-order valence-electron chi connectivity index (χ3n) is 4.16. The Hall–Kier alpha value is -3.98. The molecule has 2 aromatic carbocycles. The van der Waals surface area contributed by atoms with E-state index in [0.29, 0.717) is 34.4 Å². The zero-order chi connectivity index (χ0) is 23.1. The van der Waals surface area contributed by atoms with Gasteiger partial charge in [0, 0.05) is 11.8 Å². The summed E-state index contributed by atoms with van der Waals surface area (Å²) in [4.78, 5) is 20.0. The fourth-order valence-electron chi connectivity index (χ4n) is 2.75. The Kier molecular flexibility index (Phi) is 7.35. The highest BCUT2D eigenvalue weighted by Gasteiger charge is 2.17. The Labute approximate surface area is 190 Å². The van der Waals surface area contributed by atoms with Crippen LogP contribution in [0.4, 0.5) is 17.3 Å². The molecule has 9 nitrogen and oxygen atoms in total. The second kappa shape index (κ2) is 10.4. The minimum atomic E-state index is -0.336. The summed E-state index contributed by atoms with van der Waals surface area (Å²) in [7, 11) is 4.56. The Morgan fingerprint density at radius 3 is 2.56 bits per heavy atom. The molecule has 32 heavy (non-hydrogen) atoms. The van der Waals surface area contributed by atoms with E-state index in [1.165, 1.54) is 33.6 Å². The first-order valence-electron chi connectivity index (χ1n) is 9.29. The van der Waals surface area contributed by atoms with Crippen molar-refractivity contribution in [1.29, 1.82) is 0 Å². The van der Waals surface area contributed by atoms with Crippen molar-refractivity contribution < 1.29 is 23.7 Å². The number of halogens is 1. The van der Waals surface area contributed by atoms with Gasteiger partial charge in [-0.15, -0.1) is 0 Å². The van der Waals surface area contributed by atoms with Crippen LogP contribution >= 0.6 is 11.6 Å². The topological polar surface area (TPSA) is 104 Å². The first-order valence-corrected chi connectivity index (χ1v) is 9.66. The van der Waals surface area contributed by atoms with Gasteiger partial charge >= 0.3 is 0 Å². The predicted octanol–water partition coefficient (Wildman–Crippen LogP) is 4.82. The molecule has 166 valence electrons. The molecule has 2 N–H and O–H groups in total. The van der Waals surface area contributed by atoms with Crippen LogP contribution in [0.25, 0.3) is 0 Å². The number of nitrogens with one attached hydrogen (secondary N) is 2. The van der Waals surface area contributed by atoms with E-state index in [2.05, 4.69) is 27.2 Å². The van der Waals surface area contributed by atoms with Gasteiger partial charge in [0.25, 0.3) is 0 Å². The van der Waals surface area contributed by atoms with Gasteiger partial charge in [-0.2, -0.15) is 4.98 Å². The van der Waals surface area contributed by atoms with Crippen LogP contribution in [0.5, 0.6) is 28.9 Å². The molecule has 0 saturated carbocycles. The molecule has 0 atom stereocenters. The molecular weight excluding hydrogens is 436 g/mol. The highest BCUT2D eigenvalue weighted by molar-refractivity contribution is 6.31. The van der Waals surface area contributed by atoms with Gasteiger partial charge in [-0.05, 0) is 30.3 Å². The lowest BCUT2D eigenvalue weighted by Crippen LogP contribution is -2.07. The molecule has 10 heteroatoms. The van der Waals surface area contributed by atoms with E-state index in [9.17, 15) is 4.79 Å². The third-order valence-corrected chi connectivity index (χ3v) is 4.42. The molecular formula is C22H21ClN4O5. The van der Waals surface area contributed by atoms with E-state index in [0.717, 1.165) is 0 Å². The van der Waals surface area contributed by atoms with Crippen molar-refractivity contribution in [2.24, 2.45) is 0 Å². The smallest absolute Gasteiger partial charge is 0.247 e. The second-order valence-corrected chi connectivity index (χ2v) is 6.58. The van der Waals surface area contributed by atoms with E-state index in [1.807, 2.05) is 0 Å². The number of benzene rings is 2. The highest BCUT2D eigenvalue weighted by Crippen LogP contribution is 2.43. The molecule has 1 aromatic heterocycles. The number of ether oxygens (including phenoxy) is 4. The standard InChI is InChI=1S/C22H21ClN4O5/c1-5-18(28)25-13-7-6-8-14(11-13)32-21-15(23)12-24-22(27-21)26-16-9-10-17(29-2)20(31-4)19(16)30-3/h5-12H,1H2,2-4H3,(H,25,28)(H,24,26,27). The van der Waals surface area contributed by atoms with Gasteiger partial charge in [-0.25, -0.2) is 4.98 Å². The normalized spacial score (nSPS) is 10.1. The Morgan fingerprint density at radius 2 is 1.88 bits per heavy atom. The van der Waals surface area contributed by atoms with Crippen molar-refractivity contribution in [1.82, 2.24) is 9.97 Å². The molecule has 3 rings (SSSR count). The molecule has 0 unspecified atom stereocenters.